The molecule has 2 N–H and O–H groups in total. The molecule has 4 heteroatoms. The topological polar surface area (TPSA) is 32.3 Å². The molecule has 2 nitrogen and oxygen atoms in total. The molecule has 2 aromatic carbocycles. The van der Waals surface area contributed by atoms with Gasteiger partial charge in [-0.05, 0) is 58.2 Å². The molecule has 0 aromatic heterocycles. The van der Waals surface area contributed by atoms with Gasteiger partial charge in [-0.2, -0.15) is 0 Å². The number of hydrogen-bond donors (Lipinski definition) is 2. The second-order valence-corrected chi connectivity index (χ2v) is 5.65. The molecule has 100 valence electrons. The van der Waals surface area contributed by atoms with Crippen molar-refractivity contribution in [1.29, 1.82) is 0 Å². The van der Waals surface area contributed by atoms with Crippen LogP contribution in [0.3, 0.4) is 0 Å². The molecule has 19 heavy (non-hydrogen) atoms. The van der Waals surface area contributed by atoms with Gasteiger partial charge in [0.1, 0.15) is 0 Å². The molecule has 0 aliphatic heterocycles. The van der Waals surface area contributed by atoms with Gasteiger partial charge in [-0.25, -0.2) is 0 Å². The highest BCUT2D eigenvalue weighted by molar-refractivity contribution is 9.10. The molecule has 0 aliphatic rings. The normalized spacial score (nSPS) is 12.2. The predicted molar refractivity (Wildman–Crippen MR) is 83.8 cm³/mol. The van der Waals surface area contributed by atoms with Crippen LogP contribution in [0, 0.1) is 6.92 Å². The molecule has 0 spiro atoms. The number of benzene rings is 2. The summed E-state index contributed by atoms with van der Waals surface area (Å²) in [5.74, 6) is 0. The fourth-order valence-corrected chi connectivity index (χ4v) is 2.64. The van der Waals surface area contributed by atoms with Gasteiger partial charge >= 0.3 is 0 Å². The van der Waals surface area contributed by atoms with Gasteiger partial charge in [0.2, 0.25) is 0 Å². The van der Waals surface area contributed by atoms with Crippen molar-refractivity contribution in [3.8, 4) is 0 Å². The van der Waals surface area contributed by atoms with Crippen molar-refractivity contribution in [2.24, 2.45) is 0 Å². The number of rotatable bonds is 4. The highest BCUT2D eigenvalue weighted by atomic mass is 79.9. The van der Waals surface area contributed by atoms with Crippen molar-refractivity contribution >= 4 is 33.2 Å². The molecule has 0 heterocycles. The predicted octanol–water partition coefficient (Wildman–Crippen LogP) is 4.56. The summed E-state index contributed by atoms with van der Waals surface area (Å²) in [6, 6.07) is 13.4. The molecule has 0 fully saturated rings. The van der Waals surface area contributed by atoms with Crippen LogP contribution in [0.15, 0.2) is 46.9 Å². The van der Waals surface area contributed by atoms with Crippen LogP contribution in [-0.4, -0.2) is 11.7 Å². The van der Waals surface area contributed by atoms with E-state index in [1.165, 1.54) is 0 Å². The van der Waals surface area contributed by atoms with E-state index in [0.29, 0.717) is 5.02 Å². The van der Waals surface area contributed by atoms with Crippen molar-refractivity contribution in [2.75, 3.05) is 11.9 Å². The number of aryl methyl sites for hydroxylation is 1. The Morgan fingerprint density at radius 2 is 2.00 bits per heavy atom. The zero-order chi connectivity index (χ0) is 13.8. The summed E-state index contributed by atoms with van der Waals surface area (Å²) in [5, 5.41) is 13.7. The van der Waals surface area contributed by atoms with Crippen LogP contribution in [0.4, 0.5) is 5.69 Å². The Morgan fingerprint density at radius 3 is 2.63 bits per heavy atom. The zero-order valence-corrected chi connectivity index (χ0v) is 12.9. The Labute approximate surface area is 126 Å². The van der Waals surface area contributed by atoms with Crippen LogP contribution in [0.1, 0.15) is 17.2 Å². The van der Waals surface area contributed by atoms with E-state index in [0.717, 1.165) is 21.3 Å². The Morgan fingerprint density at radius 1 is 1.26 bits per heavy atom. The lowest BCUT2D eigenvalue weighted by Crippen LogP contribution is -2.16. The van der Waals surface area contributed by atoms with Crippen LogP contribution in [0.5, 0.6) is 0 Å². The molecule has 2 aromatic rings. The highest BCUT2D eigenvalue weighted by Gasteiger charge is 2.14. The van der Waals surface area contributed by atoms with E-state index in [2.05, 4.69) is 21.2 Å². The van der Waals surface area contributed by atoms with E-state index in [1.54, 1.807) is 0 Å². The number of aliphatic hydroxyl groups is 1. The number of para-hydroxylation sites is 1. The van der Waals surface area contributed by atoms with Crippen molar-refractivity contribution in [2.45, 2.75) is 13.0 Å². The maximum absolute atomic E-state index is 9.61. The summed E-state index contributed by atoms with van der Waals surface area (Å²) >= 11 is 9.45. The average molecular weight is 341 g/mol. The van der Waals surface area contributed by atoms with Crippen LogP contribution >= 0.6 is 27.5 Å². The first-order valence-electron chi connectivity index (χ1n) is 6.00. The van der Waals surface area contributed by atoms with Gasteiger partial charge in [0.25, 0.3) is 0 Å². The van der Waals surface area contributed by atoms with E-state index in [-0.39, 0.29) is 12.6 Å². The number of nitrogens with one attached hydrogen (secondary N) is 1. The Bertz CT molecular complexity index is 574. The van der Waals surface area contributed by atoms with Gasteiger partial charge in [-0.1, -0.05) is 29.8 Å². The summed E-state index contributed by atoms with van der Waals surface area (Å²) in [6.45, 7) is 2.01. The largest absolute Gasteiger partial charge is 0.394 e. The molecule has 1 unspecified atom stereocenters. The first-order valence-corrected chi connectivity index (χ1v) is 7.17. The summed E-state index contributed by atoms with van der Waals surface area (Å²) in [5.41, 5.74) is 3.06. The van der Waals surface area contributed by atoms with Gasteiger partial charge in [0.05, 0.1) is 12.6 Å². The van der Waals surface area contributed by atoms with Crippen LogP contribution in [-0.2, 0) is 0 Å². The SMILES string of the molecule is Cc1cc(Cl)ccc1C(CO)Nc1ccccc1Br. The third-order valence-corrected chi connectivity index (χ3v) is 3.92. The average Bonchev–Trinajstić information content (AvgIpc) is 2.39. The van der Waals surface area contributed by atoms with E-state index < -0.39 is 0 Å². The lowest BCUT2D eigenvalue weighted by atomic mass is 10.0. The van der Waals surface area contributed by atoms with Crippen molar-refractivity contribution in [3.63, 3.8) is 0 Å². The van der Waals surface area contributed by atoms with E-state index in [1.807, 2.05) is 49.4 Å². The van der Waals surface area contributed by atoms with Crippen molar-refractivity contribution in [1.82, 2.24) is 0 Å². The molecule has 0 saturated heterocycles. The molecule has 0 saturated carbocycles. The number of aliphatic hydroxyl groups excluding tert-OH is 1. The summed E-state index contributed by atoms with van der Waals surface area (Å²) in [7, 11) is 0. The van der Waals surface area contributed by atoms with Crippen LogP contribution in [0.25, 0.3) is 0 Å². The number of halogens is 2. The van der Waals surface area contributed by atoms with E-state index >= 15 is 0 Å². The van der Waals surface area contributed by atoms with E-state index in [9.17, 15) is 5.11 Å². The van der Waals surface area contributed by atoms with Crippen molar-refractivity contribution < 1.29 is 5.11 Å². The zero-order valence-electron chi connectivity index (χ0n) is 10.5. The summed E-state index contributed by atoms with van der Waals surface area (Å²) in [6.07, 6.45) is 0. The van der Waals surface area contributed by atoms with E-state index in [4.69, 9.17) is 11.6 Å². The maximum atomic E-state index is 9.61. The molecule has 0 radical (unpaired) electrons. The maximum Gasteiger partial charge on any atom is 0.0747 e. The third-order valence-electron chi connectivity index (χ3n) is 2.99. The fraction of sp³-hybridized carbons (Fsp3) is 0.200. The molecular formula is C15H15BrClNO. The Hall–Kier alpha value is -1.03. The monoisotopic (exact) mass is 339 g/mol. The molecule has 0 aliphatic carbocycles. The standard InChI is InChI=1S/C15H15BrClNO/c1-10-8-11(17)6-7-12(10)15(9-19)18-14-5-3-2-4-13(14)16/h2-8,15,18-19H,9H2,1H3. The lowest BCUT2D eigenvalue weighted by molar-refractivity contribution is 0.276. The fourth-order valence-electron chi connectivity index (χ4n) is 2.02. The first kappa shape index (κ1) is 14.4. The second-order valence-electron chi connectivity index (χ2n) is 4.36. The quantitative estimate of drug-likeness (QED) is 0.855. The number of anilines is 1. The number of hydrogen-bond acceptors (Lipinski definition) is 2. The summed E-state index contributed by atoms with van der Waals surface area (Å²) < 4.78 is 0.972. The Balaban J connectivity index is 2.28. The van der Waals surface area contributed by atoms with Gasteiger partial charge in [-0.3, -0.25) is 0 Å². The van der Waals surface area contributed by atoms with Gasteiger partial charge in [0, 0.05) is 15.2 Å². The van der Waals surface area contributed by atoms with Gasteiger partial charge < -0.3 is 10.4 Å². The molecule has 0 bridgehead atoms. The molecule has 0 amide bonds. The Kier molecular flexibility index (Phi) is 4.86. The minimum Gasteiger partial charge on any atom is -0.394 e. The highest BCUT2D eigenvalue weighted by Crippen LogP contribution is 2.28. The van der Waals surface area contributed by atoms with Gasteiger partial charge in [-0.15, -0.1) is 0 Å². The van der Waals surface area contributed by atoms with Crippen molar-refractivity contribution in [3.05, 3.63) is 63.1 Å². The van der Waals surface area contributed by atoms with Gasteiger partial charge in [0.15, 0.2) is 0 Å². The molecule has 2 rings (SSSR count). The smallest absolute Gasteiger partial charge is 0.0747 e. The minimum absolute atomic E-state index is 0.0177. The lowest BCUT2D eigenvalue weighted by Gasteiger charge is -2.21. The molecular weight excluding hydrogens is 326 g/mol. The first-order chi connectivity index (χ1) is 9.11. The molecule has 1 atom stereocenters. The van der Waals surface area contributed by atoms with Crippen LogP contribution in [0.2, 0.25) is 5.02 Å². The minimum atomic E-state index is -0.157. The van der Waals surface area contributed by atoms with Crippen LogP contribution < -0.4 is 5.32 Å². The third kappa shape index (κ3) is 3.50. The second kappa shape index (κ2) is 6.42. The summed E-state index contributed by atoms with van der Waals surface area (Å²) in [4.78, 5) is 0.